The van der Waals surface area contributed by atoms with Crippen LogP contribution >= 0.6 is 0 Å². The van der Waals surface area contributed by atoms with E-state index in [0.29, 0.717) is 6.42 Å². The summed E-state index contributed by atoms with van der Waals surface area (Å²) < 4.78 is 11.4. The second-order valence-electron chi connectivity index (χ2n) is 3.33. The van der Waals surface area contributed by atoms with Crippen LogP contribution < -0.4 is 0 Å². The summed E-state index contributed by atoms with van der Waals surface area (Å²) in [4.78, 5) is 11.3. The molecule has 2 nitrogen and oxygen atoms in total. The fraction of sp³-hybridized carbons (Fsp3) is 0.667. The van der Waals surface area contributed by atoms with Crippen molar-refractivity contribution >= 4 is 15.9 Å². The van der Waals surface area contributed by atoms with E-state index in [1.807, 2.05) is 13.8 Å². The fourth-order valence-corrected chi connectivity index (χ4v) is 3.35. The van der Waals surface area contributed by atoms with E-state index in [2.05, 4.69) is 6.58 Å². The first-order valence-electron chi connectivity index (χ1n) is 4.15. The lowest BCUT2D eigenvalue weighted by Crippen LogP contribution is -2.16. The van der Waals surface area contributed by atoms with Crippen molar-refractivity contribution in [2.45, 2.75) is 25.5 Å². The Balaban J connectivity index is 2.83. The zero-order valence-corrected chi connectivity index (χ0v) is 8.26. The van der Waals surface area contributed by atoms with Gasteiger partial charge in [-0.2, -0.15) is 0 Å². The largest absolute Gasteiger partial charge is 0.284 e. The fourth-order valence-electron chi connectivity index (χ4n) is 1.53. The lowest BCUT2D eigenvalue weighted by atomic mass is 9.93. The Morgan fingerprint density at radius 2 is 2.17 bits per heavy atom. The second-order valence-corrected chi connectivity index (χ2v) is 4.93. The van der Waals surface area contributed by atoms with Crippen molar-refractivity contribution in [2.75, 3.05) is 0 Å². The molecule has 4 atom stereocenters. The molecule has 68 valence electrons. The third-order valence-electron chi connectivity index (χ3n) is 2.62. The van der Waals surface area contributed by atoms with Crippen LogP contribution in [0.2, 0.25) is 0 Å². The van der Waals surface area contributed by atoms with Crippen molar-refractivity contribution in [3.63, 3.8) is 0 Å². The van der Waals surface area contributed by atoms with Crippen LogP contribution in [0.15, 0.2) is 12.7 Å². The third kappa shape index (κ3) is 1.38. The maximum atomic E-state index is 11.4. The van der Waals surface area contributed by atoms with E-state index in [1.165, 1.54) is 0 Å². The molecule has 0 aromatic rings. The summed E-state index contributed by atoms with van der Waals surface area (Å²) in [6.07, 6.45) is 2.42. The first-order valence-corrected chi connectivity index (χ1v) is 5.36. The predicted molar refractivity (Wildman–Crippen MR) is 50.1 cm³/mol. The summed E-state index contributed by atoms with van der Waals surface area (Å²) >= 11 is 0. The molecule has 1 aliphatic rings. The molecule has 3 heteroatoms. The molecule has 0 radical (unpaired) electrons. The highest BCUT2D eigenvalue weighted by Gasteiger charge is 2.42. The molecule has 1 unspecified atom stereocenters. The zero-order chi connectivity index (χ0) is 9.30. The molecule has 0 N–H and O–H groups in total. The second kappa shape index (κ2) is 3.52. The SMILES string of the molecule is C=CC[C@@H]1[C@@H](C)[C@H](C)C(=O)S1=O. The molecule has 0 aliphatic carbocycles. The lowest BCUT2D eigenvalue weighted by Gasteiger charge is -2.12. The van der Waals surface area contributed by atoms with Gasteiger partial charge in [0.1, 0.15) is 0 Å². The molecule has 0 saturated carbocycles. The Morgan fingerprint density at radius 3 is 2.50 bits per heavy atom. The van der Waals surface area contributed by atoms with Crippen LogP contribution in [0, 0.1) is 11.8 Å². The number of hydrogen-bond donors (Lipinski definition) is 0. The van der Waals surface area contributed by atoms with Crippen LogP contribution in [0.4, 0.5) is 0 Å². The minimum absolute atomic E-state index is 0.00463. The predicted octanol–water partition coefficient (Wildman–Crippen LogP) is 1.49. The first-order chi connectivity index (χ1) is 5.59. The van der Waals surface area contributed by atoms with Gasteiger partial charge in [0.2, 0.25) is 5.12 Å². The van der Waals surface area contributed by atoms with Gasteiger partial charge in [-0.3, -0.25) is 9.00 Å². The van der Waals surface area contributed by atoms with Crippen molar-refractivity contribution < 1.29 is 9.00 Å². The molecule has 0 spiro atoms. The van der Waals surface area contributed by atoms with Gasteiger partial charge < -0.3 is 0 Å². The average Bonchev–Trinajstić information content (AvgIpc) is 2.23. The van der Waals surface area contributed by atoms with Crippen LogP contribution in [0.3, 0.4) is 0 Å². The molecule has 1 fully saturated rings. The third-order valence-corrected chi connectivity index (χ3v) is 4.56. The molecule has 12 heavy (non-hydrogen) atoms. The maximum absolute atomic E-state index is 11.4. The highest BCUT2D eigenvalue weighted by atomic mass is 32.2. The van der Waals surface area contributed by atoms with Gasteiger partial charge in [0.25, 0.3) is 0 Å². The summed E-state index contributed by atoms with van der Waals surface area (Å²) in [7, 11) is -1.28. The van der Waals surface area contributed by atoms with Crippen LogP contribution in [-0.4, -0.2) is 14.6 Å². The number of rotatable bonds is 2. The molecule has 0 amide bonds. The van der Waals surface area contributed by atoms with Crippen LogP contribution in [-0.2, 0) is 15.6 Å². The molecular weight excluding hydrogens is 172 g/mol. The molecule has 1 aliphatic heterocycles. The van der Waals surface area contributed by atoms with Crippen molar-refractivity contribution in [3.05, 3.63) is 12.7 Å². The number of carbonyl (C=O) groups is 1. The van der Waals surface area contributed by atoms with Gasteiger partial charge in [0.15, 0.2) is 0 Å². The molecular formula is C9H14O2S. The average molecular weight is 186 g/mol. The van der Waals surface area contributed by atoms with Crippen molar-refractivity contribution in [3.8, 4) is 0 Å². The molecule has 0 aromatic heterocycles. The Morgan fingerprint density at radius 1 is 1.58 bits per heavy atom. The minimum atomic E-state index is -1.28. The Hall–Kier alpha value is -0.440. The van der Waals surface area contributed by atoms with E-state index in [9.17, 15) is 9.00 Å². The zero-order valence-electron chi connectivity index (χ0n) is 7.45. The molecule has 1 rings (SSSR count). The highest BCUT2D eigenvalue weighted by Crippen LogP contribution is 2.32. The molecule has 0 aromatic carbocycles. The monoisotopic (exact) mass is 186 g/mol. The smallest absolute Gasteiger partial charge is 0.222 e. The Labute approximate surface area is 75.5 Å². The van der Waals surface area contributed by atoms with Crippen molar-refractivity contribution in [2.24, 2.45) is 11.8 Å². The summed E-state index contributed by atoms with van der Waals surface area (Å²) in [6, 6.07) is 0. The van der Waals surface area contributed by atoms with E-state index in [1.54, 1.807) is 6.08 Å². The molecule has 1 saturated heterocycles. The van der Waals surface area contributed by atoms with E-state index >= 15 is 0 Å². The van der Waals surface area contributed by atoms with Crippen molar-refractivity contribution in [1.29, 1.82) is 0 Å². The standard InChI is InChI=1S/C9H14O2S/c1-4-5-8-6(2)7(3)9(10)12(8)11/h4,6-8H,1,5H2,2-3H3/t6-,7-,8+,12?/m0/s1. The summed E-state index contributed by atoms with van der Waals surface area (Å²) in [6.45, 7) is 7.44. The van der Waals surface area contributed by atoms with E-state index < -0.39 is 10.8 Å². The van der Waals surface area contributed by atoms with Gasteiger partial charge in [-0.25, -0.2) is 0 Å². The van der Waals surface area contributed by atoms with Gasteiger partial charge in [0.05, 0.1) is 10.8 Å². The first kappa shape index (κ1) is 9.65. The van der Waals surface area contributed by atoms with Gasteiger partial charge >= 0.3 is 0 Å². The molecule has 1 heterocycles. The van der Waals surface area contributed by atoms with Crippen LogP contribution in [0.25, 0.3) is 0 Å². The molecule has 0 bridgehead atoms. The Kier molecular flexibility index (Phi) is 2.83. The van der Waals surface area contributed by atoms with Crippen LogP contribution in [0.1, 0.15) is 20.3 Å². The van der Waals surface area contributed by atoms with Gasteiger partial charge in [-0.15, -0.1) is 6.58 Å². The van der Waals surface area contributed by atoms with Crippen LogP contribution in [0.5, 0.6) is 0 Å². The number of allylic oxidation sites excluding steroid dienone is 1. The normalized spacial score (nSPS) is 41.7. The van der Waals surface area contributed by atoms with Crippen molar-refractivity contribution in [1.82, 2.24) is 0 Å². The van der Waals surface area contributed by atoms with Gasteiger partial charge in [-0.05, 0) is 12.3 Å². The number of hydrogen-bond acceptors (Lipinski definition) is 2. The minimum Gasteiger partial charge on any atom is -0.284 e. The highest BCUT2D eigenvalue weighted by molar-refractivity contribution is 8.01. The lowest BCUT2D eigenvalue weighted by molar-refractivity contribution is -0.114. The number of carbonyl (C=O) groups excluding carboxylic acids is 1. The van der Waals surface area contributed by atoms with E-state index in [4.69, 9.17) is 0 Å². The van der Waals surface area contributed by atoms with E-state index in [0.717, 1.165) is 0 Å². The quantitative estimate of drug-likeness (QED) is 0.612. The summed E-state index contributed by atoms with van der Waals surface area (Å²) in [5, 5.41) is -0.0839. The summed E-state index contributed by atoms with van der Waals surface area (Å²) in [5.74, 6) is 0.187. The summed E-state index contributed by atoms with van der Waals surface area (Å²) in [5.41, 5.74) is 0. The van der Waals surface area contributed by atoms with Gasteiger partial charge in [-0.1, -0.05) is 19.9 Å². The topological polar surface area (TPSA) is 34.1 Å². The van der Waals surface area contributed by atoms with E-state index in [-0.39, 0.29) is 22.2 Å². The maximum Gasteiger partial charge on any atom is 0.222 e. The Bertz CT molecular complexity index is 235. The van der Waals surface area contributed by atoms with Gasteiger partial charge in [0, 0.05) is 11.2 Å².